The summed E-state index contributed by atoms with van der Waals surface area (Å²) in [4.78, 5) is 24.2. The summed E-state index contributed by atoms with van der Waals surface area (Å²) in [5.74, 6) is -0.719. The van der Waals surface area contributed by atoms with Crippen LogP contribution in [0.25, 0.3) is 0 Å². The van der Waals surface area contributed by atoms with Gasteiger partial charge in [0.15, 0.2) is 0 Å². The fourth-order valence-electron chi connectivity index (χ4n) is 1.69. The van der Waals surface area contributed by atoms with Gasteiger partial charge in [-0.3, -0.25) is 9.59 Å². The van der Waals surface area contributed by atoms with E-state index in [1.165, 1.54) is 4.90 Å². The Morgan fingerprint density at radius 3 is 2.62 bits per heavy atom. The number of hydrogen-bond donors (Lipinski definition) is 1. The third kappa shape index (κ3) is 5.83. The van der Waals surface area contributed by atoms with Gasteiger partial charge in [-0.05, 0) is 19.1 Å². The first-order valence-corrected chi connectivity index (χ1v) is 6.83. The molecule has 6 heteroatoms. The number of carboxylic acid groups (broad SMARTS) is 1. The van der Waals surface area contributed by atoms with Gasteiger partial charge in [0.1, 0.15) is 12.4 Å². The third-order valence-electron chi connectivity index (χ3n) is 2.81. The standard InChI is InChI=1S/C15H21NO5/c1-3-20-10-11-21-13-7-5-4-6-12(13)15(19)16(2)9-8-14(17)18/h4-7H,3,8-11H2,1-2H3,(H,17,18). The van der Waals surface area contributed by atoms with Crippen LogP contribution in [0.1, 0.15) is 23.7 Å². The molecule has 1 aromatic carbocycles. The van der Waals surface area contributed by atoms with Crippen LogP contribution in [-0.4, -0.2) is 55.3 Å². The molecule has 0 bridgehead atoms. The van der Waals surface area contributed by atoms with Crippen LogP contribution in [-0.2, 0) is 9.53 Å². The van der Waals surface area contributed by atoms with Crippen molar-refractivity contribution < 1.29 is 24.2 Å². The molecule has 0 aliphatic heterocycles. The van der Waals surface area contributed by atoms with Gasteiger partial charge in [0.05, 0.1) is 18.6 Å². The molecule has 21 heavy (non-hydrogen) atoms. The van der Waals surface area contributed by atoms with E-state index < -0.39 is 5.97 Å². The first-order chi connectivity index (χ1) is 10.1. The monoisotopic (exact) mass is 295 g/mol. The van der Waals surface area contributed by atoms with Crippen LogP contribution in [0.15, 0.2) is 24.3 Å². The molecule has 0 aromatic heterocycles. The second-order valence-electron chi connectivity index (χ2n) is 4.41. The summed E-state index contributed by atoms with van der Waals surface area (Å²) in [6.45, 7) is 3.48. The zero-order valence-corrected chi connectivity index (χ0v) is 12.4. The Labute approximate surface area is 124 Å². The normalized spacial score (nSPS) is 10.2. The van der Waals surface area contributed by atoms with Crippen molar-refractivity contribution in [1.82, 2.24) is 4.90 Å². The highest BCUT2D eigenvalue weighted by molar-refractivity contribution is 5.96. The maximum atomic E-state index is 12.3. The number of carboxylic acids is 1. The van der Waals surface area contributed by atoms with E-state index in [0.29, 0.717) is 31.1 Å². The highest BCUT2D eigenvalue weighted by Crippen LogP contribution is 2.19. The number of nitrogens with zero attached hydrogens (tertiary/aromatic N) is 1. The second kappa shape index (κ2) is 8.97. The first-order valence-electron chi connectivity index (χ1n) is 6.83. The predicted octanol–water partition coefficient (Wildman–Crippen LogP) is 1.65. The summed E-state index contributed by atoms with van der Waals surface area (Å²) >= 11 is 0. The topological polar surface area (TPSA) is 76.1 Å². The average Bonchev–Trinajstić information content (AvgIpc) is 2.49. The number of carbonyl (C=O) groups excluding carboxylic acids is 1. The molecule has 1 N–H and O–H groups in total. The van der Waals surface area contributed by atoms with Gasteiger partial charge in [-0.25, -0.2) is 0 Å². The number of para-hydroxylation sites is 1. The molecule has 0 radical (unpaired) electrons. The van der Waals surface area contributed by atoms with Crippen molar-refractivity contribution in [2.45, 2.75) is 13.3 Å². The van der Waals surface area contributed by atoms with Crippen LogP contribution in [0, 0.1) is 0 Å². The summed E-state index contributed by atoms with van der Waals surface area (Å²) in [5, 5.41) is 8.66. The number of benzene rings is 1. The van der Waals surface area contributed by atoms with Crippen LogP contribution in [0.2, 0.25) is 0 Å². The van der Waals surface area contributed by atoms with Gasteiger partial charge in [0, 0.05) is 20.2 Å². The summed E-state index contributed by atoms with van der Waals surface area (Å²) < 4.78 is 10.7. The lowest BCUT2D eigenvalue weighted by atomic mass is 10.1. The fourth-order valence-corrected chi connectivity index (χ4v) is 1.69. The average molecular weight is 295 g/mol. The van der Waals surface area contributed by atoms with E-state index in [4.69, 9.17) is 14.6 Å². The molecule has 0 fully saturated rings. The van der Waals surface area contributed by atoms with Gasteiger partial charge in [-0.15, -0.1) is 0 Å². The van der Waals surface area contributed by atoms with Gasteiger partial charge in [-0.2, -0.15) is 0 Å². The van der Waals surface area contributed by atoms with E-state index in [2.05, 4.69) is 0 Å². The highest BCUT2D eigenvalue weighted by atomic mass is 16.5. The van der Waals surface area contributed by atoms with Gasteiger partial charge < -0.3 is 19.5 Å². The van der Waals surface area contributed by atoms with Crippen molar-refractivity contribution in [2.75, 3.05) is 33.4 Å². The minimum Gasteiger partial charge on any atom is -0.490 e. The van der Waals surface area contributed by atoms with E-state index in [0.717, 1.165) is 0 Å². The van der Waals surface area contributed by atoms with Crippen LogP contribution >= 0.6 is 0 Å². The van der Waals surface area contributed by atoms with Crippen molar-refractivity contribution in [2.24, 2.45) is 0 Å². The Morgan fingerprint density at radius 1 is 1.24 bits per heavy atom. The summed E-state index contributed by atoms with van der Waals surface area (Å²) in [6.07, 6.45) is -0.0877. The van der Waals surface area contributed by atoms with E-state index in [9.17, 15) is 9.59 Å². The molecule has 1 amide bonds. The van der Waals surface area contributed by atoms with Gasteiger partial charge in [0.25, 0.3) is 5.91 Å². The SMILES string of the molecule is CCOCCOc1ccccc1C(=O)N(C)CCC(=O)O. The minimum absolute atomic E-state index is 0.0877. The predicted molar refractivity (Wildman–Crippen MR) is 77.6 cm³/mol. The van der Waals surface area contributed by atoms with E-state index in [1.807, 2.05) is 6.92 Å². The number of rotatable bonds is 9. The zero-order valence-electron chi connectivity index (χ0n) is 12.4. The molecule has 0 heterocycles. The van der Waals surface area contributed by atoms with Gasteiger partial charge >= 0.3 is 5.97 Å². The van der Waals surface area contributed by atoms with Crippen LogP contribution in [0.5, 0.6) is 5.75 Å². The van der Waals surface area contributed by atoms with E-state index >= 15 is 0 Å². The van der Waals surface area contributed by atoms with Crippen molar-refractivity contribution in [3.05, 3.63) is 29.8 Å². The maximum Gasteiger partial charge on any atom is 0.305 e. The maximum absolute atomic E-state index is 12.3. The zero-order chi connectivity index (χ0) is 15.7. The minimum atomic E-state index is -0.934. The number of ether oxygens (including phenoxy) is 2. The summed E-state index contributed by atoms with van der Waals surface area (Å²) in [7, 11) is 1.57. The molecular formula is C15H21NO5. The molecule has 1 rings (SSSR count). The lowest BCUT2D eigenvalue weighted by Crippen LogP contribution is -2.29. The Bertz CT molecular complexity index is 475. The molecule has 0 atom stereocenters. The smallest absolute Gasteiger partial charge is 0.305 e. The fraction of sp³-hybridized carbons (Fsp3) is 0.467. The molecular weight excluding hydrogens is 274 g/mol. The number of hydrogen-bond acceptors (Lipinski definition) is 4. The van der Waals surface area contributed by atoms with Gasteiger partial charge in [-0.1, -0.05) is 12.1 Å². The Morgan fingerprint density at radius 2 is 1.95 bits per heavy atom. The van der Waals surface area contributed by atoms with Gasteiger partial charge in [0.2, 0.25) is 0 Å². The third-order valence-corrected chi connectivity index (χ3v) is 2.81. The van der Waals surface area contributed by atoms with Crippen molar-refractivity contribution in [3.8, 4) is 5.75 Å². The Hall–Kier alpha value is -2.08. The molecule has 0 aliphatic rings. The van der Waals surface area contributed by atoms with E-state index in [1.54, 1.807) is 31.3 Å². The molecule has 0 saturated heterocycles. The lowest BCUT2D eigenvalue weighted by molar-refractivity contribution is -0.137. The molecule has 0 unspecified atom stereocenters. The molecule has 116 valence electrons. The quantitative estimate of drug-likeness (QED) is 0.701. The summed E-state index contributed by atoms with van der Waals surface area (Å²) in [5.41, 5.74) is 0.418. The van der Waals surface area contributed by atoms with Crippen molar-refractivity contribution >= 4 is 11.9 Å². The lowest BCUT2D eigenvalue weighted by Gasteiger charge is -2.18. The second-order valence-corrected chi connectivity index (χ2v) is 4.41. The molecule has 6 nitrogen and oxygen atoms in total. The van der Waals surface area contributed by atoms with Crippen molar-refractivity contribution in [3.63, 3.8) is 0 Å². The summed E-state index contributed by atoms with van der Waals surface area (Å²) in [6, 6.07) is 6.90. The molecule has 0 spiro atoms. The van der Waals surface area contributed by atoms with Crippen LogP contribution in [0.3, 0.4) is 0 Å². The molecule has 0 aliphatic carbocycles. The number of carbonyl (C=O) groups is 2. The van der Waals surface area contributed by atoms with E-state index in [-0.39, 0.29) is 18.9 Å². The Balaban J connectivity index is 2.67. The van der Waals surface area contributed by atoms with Crippen LogP contribution in [0.4, 0.5) is 0 Å². The van der Waals surface area contributed by atoms with Crippen molar-refractivity contribution in [1.29, 1.82) is 0 Å². The number of amides is 1. The molecule has 0 saturated carbocycles. The highest BCUT2D eigenvalue weighted by Gasteiger charge is 2.17. The first kappa shape index (κ1) is 17.0. The van der Waals surface area contributed by atoms with Crippen LogP contribution < -0.4 is 4.74 Å². The largest absolute Gasteiger partial charge is 0.490 e. The number of aliphatic carboxylic acids is 1. The Kier molecular flexibility index (Phi) is 7.25. The molecule has 1 aromatic rings.